The molecule has 0 spiro atoms. The molecule has 1 saturated carbocycles. The Kier molecular flexibility index (Phi) is 2.69. The van der Waals surface area contributed by atoms with Crippen LogP contribution >= 0.6 is 0 Å². The summed E-state index contributed by atoms with van der Waals surface area (Å²) < 4.78 is 37.9. The summed E-state index contributed by atoms with van der Waals surface area (Å²) in [5.41, 5.74) is 5.86. The third-order valence-corrected chi connectivity index (χ3v) is 2.77. The lowest BCUT2D eigenvalue weighted by molar-refractivity contribution is 0.151. The van der Waals surface area contributed by atoms with Crippen molar-refractivity contribution in [2.75, 3.05) is 0 Å². The number of hydrogen-bond acceptors (Lipinski definition) is 1. The van der Waals surface area contributed by atoms with Crippen LogP contribution in [0.25, 0.3) is 0 Å². The number of hydrogen-bond donors (Lipinski definition) is 1. The molecule has 1 atom stereocenters. The predicted molar refractivity (Wildman–Crippen MR) is 51.0 cm³/mol. The summed E-state index contributed by atoms with van der Waals surface area (Å²) in [5.74, 6) is -0.302. The van der Waals surface area contributed by atoms with Crippen LogP contribution in [0.4, 0.5) is 13.2 Å². The van der Waals surface area contributed by atoms with E-state index in [2.05, 4.69) is 0 Å². The maximum atomic E-state index is 13.4. The Morgan fingerprint density at radius 3 is 2.40 bits per heavy atom. The van der Waals surface area contributed by atoms with Gasteiger partial charge in [0.1, 0.15) is 5.82 Å². The van der Waals surface area contributed by atoms with Gasteiger partial charge in [-0.3, -0.25) is 0 Å². The minimum absolute atomic E-state index is 0.292. The van der Waals surface area contributed by atoms with Gasteiger partial charge in [-0.05, 0) is 24.8 Å². The zero-order chi connectivity index (χ0) is 11.0. The van der Waals surface area contributed by atoms with Crippen molar-refractivity contribution < 1.29 is 13.2 Å². The first-order valence-electron chi connectivity index (χ1n) is 4.92. The molecule has 0 saturated heterocycles. The second-order valence-electron chi connectivity index (χ2n) is 3.94. The average Bonchev–Trinajstić information content (AvgIpc) is 2.99. The van der Waals surface area contributed by atoms with Crippen LogP contribution in [-0.2, 0) is 0 Å². The molecule has 1 aromatic rings. The molecule has 1 nitrogen and oxygen atoms in total. The van der Waals surface area contributed by atoms with E-state index in [1.807, 2.05) is 0 Å². The van der Waals surface area contributed by atoms with Crippen molar-refractivity contribution in [1.82, 2.24) is 0 Å². The topological polar surface area (TPSA) is 26.0 Å². The van der Waals surface area contributed by atoms with Crippen LogP contribution in [0.5, 0.6) is 0 Å². The number of benzene rings is 1. The quantitative estimate of drug-likeness (QED) is 0.823. The summed E-state index contributed by atoms with van der Waals surface area (Å²) in [7, 11) is 0. The van der Waals surface area contributed by atoms with Gasteiger partial charge in [-0.1, -0.05) is 12.1 Å². The first kappa shape index (κ1) is 10.5. The zero-order valence-electron chi connectivity index (χ0n) is 8.09. The Balaban J connectivity index is 2.25. The van der Waals surface area contributed by atoms with Crippen molar-refractivity contribution in [3.05, 3.63) is 35.1 Å². The molecule has 0 amide bonds. The highest BCUT2D eigenvalue weighted by Gasteiger charge is 2.31. The van der Waals surface area contributed by atoms with Gasteiger partial charge in [-0.2, -0.15) is 0 Å². The average molecular weight is 215 g/mol. The highest BCUT2D eigenvalue weighted by Crippen LogP contribution is 2.40. The minimum Gasteiger partial charge on any atom is -0.324 e. The fourth-order valence-electron chi connectivity index (χ4n) is 1.66. The molecule has 1 fully saturated rings. The summed E-state index contributed by atoms with van der Waals surface area (Å²) in [4.78, 5) is 0. The van der Waals surface area contributed by atoms with Crippen LogP contribution in [0.3, 0.4) is 0 Å². The van der Waals surface area contributed by atoms with Crippen LogP contribution in [0.15, 0.2) is 18.2 Å². The molecule has 15 heavy (non-hydrogen) atoms. The normalized spacial score (nSPS) is 18.2. The molecule has 2 rings (SSSR count). The van der Waals surface area contributed by atoms with Gasteiger partial charge in [0, 0.05) is 17.2 Å². The van der Waals surface area contributed by atoms with E-state index in [0.29, 0.717) is 11.5 Å². The standard InChI is InChI=1S/C11H12F3N/c12-9-5-7(11(13)14)3-4-8(9)10(15)6-1-2-6/h3-6,10-11H,1-2,15H2/t10-/m1/s1. The first-order chi connectivity index (χ1) is 7.09. The largest absolute Gasteiger partial charge is 0.324 e. The Morgan fingerprint density at radius 2 is 1.93 bits per heavy atom. The van der Waals surface area contributed by atoms with Gasteiger partial charge in [-0.15, -0.1) is 0 Å². The van der Waals surface area contributed by atoms with E-state index >= 15 is 0 Å². The van der Waals surface area contributed by atoms with Crippen LogP contribution in [0.2, 0.25) is 0 Å². The summed E-state index contributed by atoms with van der Waals surface area (Å²) in [6.07, 6.45) is -0.639. The van der Waals surface area contributed by atoms with Gasteiger partial charge in [0.05, 0.1) is 0 Å². The molecule has 2 N–H and O–H groups in total. The molecule has 0 aliphatic heterocycles. The number of nitrogens with two attached hydrogens (primary N) is 1. The van der Waals surface area contributed by atoms with E-state index in [9.17, 15) is 13.2 Å². The molecule has 0 heterocycles. The smallest absolute Gasteiger partial charge is 0.263 e. The van der Waals surface area contributed by atoms with Gasteiger partial charge < -0.3 is 5.73 Å². The van der Waals surface area contributed by atoms with E-state index in [0.717, 1.165) is 18.9 Å². The van der Waals surface area contributed by atoms with Gasteiger partial charge in [0.25, 0.3) is 6.43 Å². The second-order valence-corrected chi connectivity index (χ2v) is 3.94. The summed E-state index contributed by atoms with van der Waals surface area (Å²) in [6.45, 7) is 0. The number of rotatable bonds is 3. The Labute approximate surface area is 86.1 Å². The Hall–Kier alpha value is -1.03. The van der Waals surface area contributed by atoms with Gasteiger partial charge >= 0.3 is 0 Å². The number of halogens is 3. The molecule has 4 heteroatoms. The van der Waals surface area contributed by atoms with Crippen molar-refractivity contribution in [3.8, 4) is 0 Å². The molecule has 0 radical (unpaired) electrons. The Bertz CT molecular complexity index is 361. The molecule has 0 bridgehead atoms. The van der Waals surface area contributed by atoms with E-state index in [1.54, 1.807) is 0 Å². The van der Waals surface area contributed by atoms with Crippen LogP contribution in [-0.4, -0.2) is 0 Å². The molecule has 82 valence electrons. The predicted octanol–water partition coefficient (Wildman–Crippen LogP) is 3.17. The van der Waals surface area contributed by atoms with Gasteiger partial charge in [-0.25, -0.2) is 13.2 Å². The molecule has 0 aromatic heterocycles. The van der Waals surface area contributed by atoms with Crippen molar-refractivity contribution in [2.24, 2.45) is 11.7 Å². The minimum atomic E-state index is -2.63. The number of alkyl halides is 2. The monoisotopic (exact) mass is 215 g/mol. The van der Waals surface area contributed by atoms with Crippen LogP contribution in [0, 0.1) is 11.7 Å². The maximum Gasteiger partial charge on any atom is 0.263 e. The zero-order valence-corrected chi connectivity index (χ0v) is 8.09. The lowest BCUT2D eigenvalue weighted by atomic mass is 10.0. The van der Waals surface area contributed by atoms with E-state index < -0.39 is 12.2 Å². The summed E-state index contributed by atoms with van der Waals surface area (Å²) in [5, 5.41) is 0. The third-order valence-electron chi connectivity index (χ3n) is 2.77. The molecule has 0 unspecified atom stereocenters. The SMILES string of the molecule is N[C@@H](c1ccc(C(F)F)cc1F)C1CC1. The van der Waals surface area contributed by atoms with Crippen molar-refractivity contribution in [1.29, 1.82) is 0 Å². The highest BCUT2D eigenvalue weighted by molar-refractivity contribution is 5.28. The summed E-state index contributed by atoms with van der Waals surface area (Å²) in [6, 6.07) is 3.14. The lowest BCUT2D eigenvalue weighted by Crippen LogP contribution is -2.14. The maximum absolute atomic E-state index is 13.4. The fraction of sp³-hybridized carbons (Fsp3) is 0.455. The van der Waals surface area contributed by atoms with Crippen LogP contribution in [0.1, 0.15) is 36.4 Å². The van der Waals surface area contributed by atoms with Gasteiger partial charge in [0.15, 0.2) is 0 Å². The van der Waals surface area contributed by atoms with Crippen LogP contribution < -0.4 is 5.73 Å². The van der Waals surface area contributed by atoms with E-state index in [4.69, 9.17) is 5.73 Å². The first-order valence-corrected chi connectivity index (χ1v) is 4.92. The van der Waals surface area contributed by atoms with E-state index in [1.165, 1.54) is 12.1 Å². The lowest BCUT2D eigenvalue weighted by Gasteiger charge is -2.12. The third kappa shape index (κ3) is 2.15. The highest BCUT2D eigenvalue weighted by atomic mass is 19.3. The molecular weight excluding hydrogens is 203 g/mol. The summed E-state index contributed by atoms with van der Waals surface area (Å²) >= 11 is 0. The fourth-order valence-corrected chi connectivity index (χ4v) is 1.66. The van der Waals surface area contributed by atoms with Gasteiger partial charge in [0.2, 0.25) is 0 Å². The molecular formula is C11H12F3N. The van der Waals surface area contributed by atoms with Crippen molar-refractivity contribution in [3.63, 3.8) is 0 Å². The van der Waals surface area contributed by atoms with Crippen molar-refractivity contribution in [2.45, 2.75) is 25.3 Å². The van der Waals surface area contributed by atoms with E-state index in [-0.39, 0.29) is 11.6 Å². The Morgan fingerprint density at radius 1 is 1.27 bits per heavy atom. The molecule has 1 aromatic carbocycles. The molecule has 1 aliphatic carbocycles. The molecule has 1 aliphatic rings. The van der Waals surface area contributed by atoms with Crippen molar-refractivity contribution >= 4 is 0 Å². The second kappa shape index (κ2) is 3.85.